The van der Waals surface area contributed by atoms with Crippen LogP contribution in [0, 0.1) is 0 Å². The van der Waals surface area contributed by atoms with Gasteiger partial charge in [-0.1, -0.05) is 24.3 Å². The zero-order chi connectivity index (χ0) is 21.0. The van der Waals surface area contributed by atoms with Crippen LogP contribution in [-0.4, -0.2) is 62.3 Å². The highest BCUT2D eigenvalue weighted by Gasteiger charge is 2.20. The molecule has 1 atom stereocenters. The summed E-state index contributed by atoms with van der Waals surface area (Å²) in [5.74, 6) is 1.06. The maximum absolute atomic E-state index is 12.0. The van der Waals surface area contributed by atoms with E-state index < -0.39 is 0 Å². The maximum Gasteiger partial charge on any atom is 0.222 e. The fraction of sp³-hybridized carbons (Fsp3) is 0.652. The number of nitrogens with zero attached hydrogens (tertiary/aromatic N) is 2. The van der Waals surface area contributed by atoms with Crippen LogP contribution >= 0.6 is 0 Å². The van der Waals surface area contributed by atoms with E-state index in [0.717, 1.165) is 70.1 Å². The summed E-state index contributed by atoms with van der Waals surface area (Å²) in [4.78, 5) is 18.7. The number of amides is 1. The van der Waals surface area contributed by atoms with Gasteiger partial charge in [-0.25, -0.2) is 4.99 Å². The Morgan fingerprint density at radius 2 is 2.13 bits per heavy atom. The SMILES string of the molecule is CCNC(=NCc1ccccc1CN1CCCC1=O)NCCCOCC1CCCO1. The number of hydrogen-bond donors (Lipinski definition) is 2. The Kier molecular flexibility index (Phi) is 9.44. The van der Waals surface area contributed by atoms with E-state index in [1.807, 2.05) is 17.0 Å². The third-order valence-electron chi connectivity index (χ3n) is 5.49. The van der Waals surface area contributed by atoms with Gasteiger partial charge in [0.1, 0.15) is 0 Å². The molecule has 0 radical (unpaired) electrons. The molecule has 0 aromatic heterocycles. The molecular formula is C23H36N4O3. The van der Waals surface area contributed by atoms with E-state index in [-0.39, 0.29) is 12.0 Å². The van der Waals surface area contributed by atoms with Crippen LogP contribution in [-0.2, 0) is 27.4 Å². The minimum atomic E-state index is 0.255. The second-order valence-electron chi connectivity index (χ2n) is 7.87. The molecule has 1 amide bonds. The van der Waals surface area contributed by atoms with Crippen molar-refractivity contribution in [1.29, 1.82) is 0 Å². The van der Waals surface area contributed by atoms with Gasteiger partial charge in [0, 0.05) is 45.8 Å². The topological polar surface area (TPSA) is 75.2 Å². The number of carbonyl (C=O) groups is 1. The van der Waals surface area contributed by atoms with E-state index >= 15 is 0 Å². The smallest absolute Gasteiger partial charge is 0.222 e. The first-order valence-corrected chi connectivity index (χ1v) is 11.3. The van der Waals surface area contributed by atoms with Crippen LogP contribution in [0.5, 0.6) is 0 Å². The van der Waals surface area contributed by atoms with E-state index in [4.69, 9.17) is 14.5 Å². The van der Waals surface area contributed by atoms with Crippen LogP contribution in [0.1, 0.15) is 50.2 Å². The molecule has 2 heterocycles. The average Bonchev–Trinajstić information content (AvgIpc) is 3.41. The predicted molar refractivity (Wildman–Crippen MR) is 118 cm³/mol. The van der Waals surface area contributed by atoms with Gasteiger partial charge in [-0.2, -0.15) is 0 Å². The molecule has 2 saturated heterocycles. The van der Waals surface area contributed by atoms with E-state index in [1.165, 1.54) is 5.56 Å². The zero-order valence-electron chi connectivity index (χ0n) is 18.2. The second-order valence-corrected chi connectivity index (χ2v) is 7.87. The van der Waals surface area contributed by atoms with Crippen molar-refractivity contribution in [2.45, 2.75) is 58.2 Å². The molecule has 2 N–H and O–H groups in total. The van der Waals surface area contributed by atoms with Crippen LogP contribution in [0.25, 0.3) is 0 Å². The minimum absolute atomic E-state index is 0.255. The van der Waals surface area contributed by atoms with Crippen molar-refractivity contribution >= 4 is 11.9 Å². The molecule has 0 spiro atoms. The second kappa shape index (κ2) is 12.5. The van der Waals surface area contributed by atoms with E-state index in [9.17, 15) is 4.79 Å². The number of hydrogen-bond acceptors (Lipinski definition) is 4. The molecule has 7 nitrogen and oxygen atoms in total. The fourth-order valence-corrected chi connectivity index (χ4v) is 3.82. The molecule has 0 bridgehead atoms. The Bertz CT molecular complexity index is 689. The van der Waals surface area contributed by atoms with Gasteiger partial charge in [0.2, 0.25) is 5.91 Å². The van der Waals surface area contributed by atoms with Crippen molar-refractivity contribution in [3.8, 4) is 0 Å². The number of rotatable bonds is 11. The highest BCUT2D eigenvalue weighted by atomic mass is 16.5. The van der Waals surface area contributed by atoms with Crippen LogP contribution in [0.4, 0.5) is 0 Å². The van der Waals surface area contributed by atoms with Crippen LogP contribution < -0.4 is 10.6 Å². The Morgan fingerprint density at radius 1 is 1.27 bits per heavy atom. The molecule has 1 unspecified atom stereocenters. The highest BCUT2D eigenvalue weighted by Crippen LogP contribution is 2.18. The lowest BCUT2D eigenvalue weighted by Gasteiger charge is -2.18. The minimum Gasteiger partial charge on any atom is -0.379 e. The zero-order valence-corrected chi connectivity index (χ0v) is 18.2. The molecule has 1 aromatic carbocycles. The van der Waals surface area contributed by atoms with Gasteiger partial charge >= 0.3 is 0 Å². The number of carbonyl (C=O) groups excluding carboxylic acids is 1. The molecule has 1 aromatic rings. The highest BCUT2D eigenvalue weighted by molar-refractivity contribution is 5.79. The lowest BCUT2D eigenvalue weighted by molar-refractivity contribution is -0.128. The summed E-state index contributed by atoms with van der Waals surface area (Å²) in [6, 6.07) is 8.26. The summed E-state index contributed by atoms with van der Waals surface area (Å²) >= 11 is 0. The summed E-state index contributed by atoms with van der Waals surface area (Å²) in [7, 11) is 0. The van der Waals surface area contributed by atoms with E-state index in [1.54, 1.807) is 0 Å². The number of aliphatic imine (C=N–C) groups is 1. The predicted octanol–water partition coefficient (Wildman–Crippen LogP) is 2.45. The summed E-state index contributed by atoms with van der Waals surface area (Å²) in [5.41, 5.74) is 2.34. The lowest BCUT2D eigenvalue weighted by Crippen LogP contribution is -2.38. The Labute approximate surface area is 180 Å². The van der Waals surface area contributed by atoms with Crippen molar-refractivity contribution in [3.63, 3.8) is 0 Å². The molecule has 166 valence electrons. The van der Waals surface area contributed by atoms with Gasteiger partial charge in [-0.15, -0.1) is 0 Å². The Morgan fingerprint density at radius 3 is 2.87 bits per heavy atom. The molecule has 7 heteroatoms. The molecule has 0 saturated carbocycles. The Balaban J connectivity index is 1.44. The normalized spacial score (nSPS) is 19.5. The molecule has 2 aliphatic rings. The monoisotopic (exact) mass is 416 g/mol. The molecule has 3 rings (SSSR count). The average molecular weight is 417 g/mol. The molecule has 2 fully saturated rings. The van der Waals surface area contributed by atoms with Crippen LogP contribution in [0.2, 0.25) is 0 Å². The van der Waals surface area contributed by atoms with Crippen molar-refractivity contribution in [2.24, 2.45) is 4.99 Å². The molecule has 2 aliphatic heterocycles. The lowest BCUT2D eigenvalue weighted by atomic mass is 10.1. The Hall–Kier alpha value is -2.12. The first-order valence-electron chi connectivity index (χ1n) is 11.3. The summed E-state index contributed by atoms with van der Waals surface area (Å²) in [5, 5.41) is 6.68. The van der Waals surface area contributed by atoms with Gasteiger partial charge in [-0.05, 0) is 43.7 Å². The molecule has 0 aliphatic carbocycles. The maximum atomic E-state index is 12.0. The first kappa shape index (κ1) is 22.6. The van der Waals surface area contributed by atoms with Crippen LogP contribution in [0.3, 0.4) is 0 Å². The van der Waals surface area contributed by atoms with Gasteiger partial charge in [0.05, 0.1) is 19.3 Å². The van der Waals surface area contributed by atoms with Crippen molar-refractivity contribution < 1.29 is 14.3 Å². The van der Waals surface area contributed by atoms with Gasteiger partial charge in [0.25, 0.3) is 0 Å². The standard InChI is InChI=1S/C23H36N4O3/c1-2-24-23(25-12-7-14-29-18-21-10-6-15-30-21)26-16-19-8-3-4-9-20(19)17-27-13-5-11-22(27)28/h3-4,8-9,21H,2,5-7,10-18H2,1H3,(H2,24,25,26). The largest absolute Gasteiger partial charge is 0.379 e. The fourth-order valence-electron chi connectivity index (χ4n) is 3.82. The number of benzene rings is 1. The quantitative estimate of drug-likeness (QED) is 0.329. The number of ether oxygens (including phenoxy) is 2. The number of nitrogens with one attached hydrogen (secondary N) is 2. The number of likely N-dealkylation sites (tertiary alicyclic amines) is 1. The van der Waals surface area contributed by atoms with E-state index in [2.05, 4.69) is 29.7 Å². The summed E-state index contributed by atoms with van der Waals surface area (Å²) < 4.78 is 11.3. The van der Waals surface area contributed by atoms with Gasteiger partial charge < -0.3 is 25.0 Å². The number of guanidine groups is 1. The van der Waals surface area contributed by atoms with E-state index in [0.29, 0.717) is 26.1 Å². The van der Waals surface area contributed by atoms with Gasteiger partial charge in [0.15, 0.2) is 5.96 Å². The summed E-state index contributed by atoms with van der Waals surface area (Å²) in [6.07, 6.45) is 5.10. The summed E-state index contributed by atoms with van der Waals surface area (Å²) in [6.45, 7) is 8.09. The van der Waals surface area contributed by atoms with Gasteiger partial charge in [-0.3, -0.25) is 4.79 Å². The van der Waals surface area contributed by atoms with Crippen LogP contribution in [0.15, 0.2) is 29.3 Å². The van der Waals surface area contributed by atoms with Crippen molar-refractivity contribution in [2.75, 3.05) is 39.5 Å². The van der Waals surface area contributed by atoms with Crippen molar-refractivity contribution in [1.82, 2.24) is 15.5 Å². The van der Waals surface area contributed by atoms with Crippen molar-refractivity contribution in [3.05, 3.63) is 35.4 Å². The third kappa shape index (κ3) is 7.29. The first-order chi connectivity index (χ1) is 14.8. The molecule has 30 heavy (non-hydrogen) atoms. The third-order valence-corrected chi connectivity index (χ3v) is 5.49. The molecular weight excluding hydrogens is 380 g/mol.